The van der Waals surface area contributed by atoms with Crippen LogP contribution in [0.5, 0.6) is 0 Å². The van der Waals surface area contributed by atoms with Gasteiger partial charge in [-0.05, 0) is 55.0 Å². The Morgan fingerprint density at radius 1 is 1.14 bits per heavy atom. The maximum atomic E-state index is 13.7. The number of rotatable bonds is 5. The number of hydrogen-bond acceptors (Lipinski definition) is 6. The van der Waals surface area contributed by atoms with E-state index in [0.29, 0.717) is 16.1 Å². The average molecular weight is 485 g/mol. The van der Waals surface area contributed by atoms with E-state index < -0.39 is 34.3 Å². The molecule has 3 aromatic rings. The van der Waals surface area contributed by atoms with Crippen LogP contribution >= 0.6 is 0 Å². The predicted molar refractivity (Wildman–Crippen MR) is 118 cm³/mol. The van der Waals surface area contributed by atoms with Gasteiger partial charge < -0.3 is 9.52 Å². The number of amides is 1. The Bertz CT molecular complexity index is 1420. The number of nitrogens with zero attached hydrogens (tertiary/aromatic N) is 3. The summed E-state index contributed by atoms with van der Waals surface area (Å²) in [6, 6.07) is 11.4. The van der Waals surface area contributed by atoms with E-state index in [-0.39, 0.29) is 28.5 Å². The van der Waals surface area contributed by atoms with Gasteiger partial charge in [0.15, 0.2) is 5.71 Å². The van der Waals surface area contributed by atoms with Crippen LogP contribution in [0, 0.1) is 17.0 Å². The van der Waals surface area contributed by atoms with Crippen molar-refractivity contribution in [3.05, 3.63) is 87.2 Å². The number of furan rings is 1. The number of carbonyl (C=O) groups excluding carboxylic acids is 1. The van der Waals surface area contributed by atoms with Gasteiger partial charge in [-0.15, -0.1) is 0 Å². The number of carboxylic acids is 1. The van der Waals surface area contributed by atoms with Crippen molar-refractivity contribution in [2.24, 2.45) is 5.10 Å². The molecule has 2 aromatic carbocycles. The summed E-state index contributed by atoms with van der Waals surface area (Å²) in [6.07, 6.45) is -4.08. The summed E-state index contributed by atoms with van der Waals surface area (Å²) in [6.45, 7) is 1.68. The lowest BCUT2D eigenvalue weighted by Gasteiger charge is -2.11. The van der Waals surface area contributed by atoms with E-state index in [2.05, 4.69) is 5.10 Å². The molecule has 12 heteroatoms. The molecular weight excluding hydrogens is 471 g/mol. The van der Waals surface area contributed by atoms with Crippen molar-refractivity contribution in [2.45, 2.75) is 13.1 Å². The second-order valence-electron chi connectivity index (χ2n) is 7.43. The summed E-state index contributed by atoms with van der Waals surface area (Å²) in [7, 11) is 0. The second-order valence-corrected chi connectivity index (χ2v) is 7.43. The Morgan fingerprint density at radius 2 is 1.83 bits per heavy atom. The van der Waals surface area contributed by atoms with Crippen LogP contribution in [0.15, 0.2) is 69.7 Å². The van der Waals surface area contributed by atoms with Gasteiger partial charge in [-0.3, -0.25) is 14.9 Å². The van der Waals surface area contributed by atoms with Gasteiger partial charge in [0.25, 0.3) is 11.6 Å². The molecule has 35 heavy (non-hydrogen) atoms. The number of carbonyl (C=O) groups is 2. The number of alkyl halides is 3. The van der Waals surface area contributed by atoms with Crippen molar-refractivity contribution in [1.29, 1.82) is 0 Å². The lowest BCUT2D eigenvalue weighted by molar-refractivity contribution is -0.384. The normalized spacial score (nSPS) is 15.0. The lowest BCUT2D eigenvalue weighted by atomic mass is 10.1. The largest absolute Gasteiger partial charge is 0.478 e. The highest BCUT2D eigenvalue weighted by Gasteiger charge is 2.47. The molecule has 1 amide bonds. The molecule has 0 fully saturated rings. The maximum absolute atomic E-state index is 13.7. The van der Waals surface area contributed by atoms with Crippen molar-refractivity contribution in [2.75, 3.05) is 5.01 Å². The number of nitro groups is 1. The second kappa shape index (κ2) is 8.56. The molecule has 0 bridgehead atoms. The number of aryl methyl sites for hydroxylation is 1. The van der Waals surface area contributed by atoms with Gasteiger partial charge in [0.2, 0.25) is 0 Å². The molecule has 9 nitrogen and oxygen atoms in total. The first-order chi connectivity index (χ1) is 16.5. The van der Waals surface area contributed by atoms with Crippen LogP contribution in [0.3, 0.4) is 0 Å². The molecule has 0 atom stereocenters. The van der Waals surface area contributed by atoms with Crippen molar-refractivity contribution in [3.63, 3.8) is 0 Å². The van der Waals surface area contributed by atoms with E-state index in [1.807, 2.05) is 0 Å². The van der Waals surface area contributed by atoms with Crippen LogP contribution in [0.1, 0.15) is 21.7 Å². The molecule has 1 aliphatic heterocycles. The van der Waals surface area contributed by atoms with Gasteiger partial charge in [0, 0.05) is 17.7 Å². The Morgan fingerprint density at radius 3 is 2.43 bits per heavy atom. The third-order valence-electron chi connectivity index (χ3n) is 5.12. The van der Waals surface area contributed by atoms with E-state index in [1.54, 1.807) is 6.92 Å². The van der Waals surface area contributed by atoms with Crippen molar-refractivity contribution in [3.8, 4) is 11.3 Å². The van der Waals surface area contributed by atoms with E-state index in [4.69, 9.17) is 9.52 Å². The number of non-ortho nitro benzene ring substituents is 1. The molecular formula is C23H14F3N3O6. The van der Waals surface area contributed by atoms with Gasteiger partial charge in [-0.25, -0.2) is 4.79 Å². The molecule has 0 aliphatic carbocycles. The zero-order chi connectivity index (χ0) is 25.5. The fourth-order valence-electron chi connectivity index (χ4n) is 3.38. The quantitative estimate of drug-likeness (QED) is 0.300. The zero-order valence-corrected chi connectivity index (χ0v) is 17.7. The summed E-state index contributed by atoms with van der Waals surface area (Å²) < 4.78 is 46.6. The minimum atomic E-state index is -4.97. The van der Waals surface area contributed by atoms with Gasteiger partial charge in [-0.1, -0.05) is 6.07 Å². The highest BCUT2D eigenvalue weighted by molar-refractivity contribution is 6.34. The van der Waals surface area contributed by atoms with Gasteiger partial charge in [0.05, 0.1) is 21.7 Å². The van der Waals surface area contributed by atoms with E-state index >= 15 is 0 Å². The summed E-state index contributed by atoms with van der Waals surface area (Å²) in [5.41, 5.74) is -1.59. The Kier molecular flexibility index (Phi) is 5.73. The number of halogens is 3. The standard InChI is InChI=1S/C23H14F3N3O6/c1-12-2-5-15(29(33)34)10-17(12)19-9-8-16(35-19)11-18-20(23(24,25)26)27-28(21(18)30)14-6-3-13(4-7-14)22(31)32/h2-11H,1H3,(H,31,32)/b18-11-. The third kappa shape index (κ3) is 4.53. The van der Waals surface area contributed by atoms with E-state index in [1.165, 1.54) is 30.3 Å². The Balaban J connectivity index is 1.71. The molecule has 0 saturated carbocycles. The highest BCUT2D eigenvalue weighted by atomic mass is 19.4. The molecule has 1 aliphatic rings. The molecule has 1 N–H and O–H groups in total. The van der Waals surface area contributed by atoms with Crippen LogP contribution in [0.25, 0.3) is 17.4 Å². The first-order valence-corrected chi connectivity index (χ1v) is 9.86. The van der Waals surface area contributed by atoms with Crippen LogP contribution in [0.2, 0.25) is 0 Å². The summed E-state index contributed by atoms with van der Waals surface area (Å²) >= 11 is 0. The number of hydrazone groups is 1. The minimum absolute atomic E-state index is 0.0579. The zero-order valence-electron chi connectivity index (χ0n) is 17.7. The predicted octanol–water partition coefficient (Wildman–Crippen LogP) is 5.21. The third-order valence-corrected chi connectivity index (χ3v) is 5.12. The van der Waals surface area contributed by atoms with E-state index in [0.717, 1.165) is 30.3 Å². The molecule has 0 saturated heterocycles. The summed E-state index contributed by atoms with van der Waals surface area (Å²) in [4.78, 5) is 34.3. The van der Waals surface area contributed by atoms with Crippen LogP contribution in [-0.4, -0.2) is 33.8 Å². The molecule has 1 aromatic heterocycles. The molecule has 0 unspecified atom stereocenters. The fraction of sp³-hybridized carbons (Fsp3) is 0.0870. The topological polar surface area (TPSA) is 126 Å². The SMILES string of the molecule is Cc1ccc([N+](=O)[O-])cc1-c1ccc(/C=C2\C(=O)N(c3ccc(C(=O)O)cc3)N=C2C(F)(F)F)o1. The number of nitro benzene ring substituents is 1. The molecule has 4 rings (SSSR count). The maximum Gasteiger partial charge on any atom is 0.435 e. The minimum Gasteiger partial charge on any atom is -0.478 e. The van der Waals surface area contributed by atoms with E-state index in [9.17, 15) is 32.9 Å². The highest BCUT2D eigenvalue weighted by Crippen LogP contribution is 2.34. The Hall–Kier alpha value is -4.74. The molecule has 0 radical (unpaired) electrons. The molecule has 2 heterocycles. The fourth-order valence-corrected chi connectivity index (χ4v) is 3.38. The van der Waals surface area contributed by atoms with Gasteiger partial charge in [-0.2, -0.15) is 23.3 Å². The smallest absolute Gasteiger partial charge is 0.435 e. The lowest BCUT2D eigenvalue weighted by Crippen LogP contribution is -2.25. The van der Waals surface area contributed by atoms with Crippen LogP contribution < -0.4 is 5.01 Å². The van der Waals surface area contributed by atoms with Crippen molar-refractivity contribution in [1.82, 2.24) is 0 Å². The van der Waals surface area contributed by atoms with Crippen molar-refractivity contribution >= 4 is 35.0 Å². The average Bonchev–Trinajstić information content (AvgIpc) is 3.39. The van der Waals surface area contributed by atoms with Crippen LogP contribution in [-0.2, 0) is 4.79 Å². The van der Waals surface area contributed by atoms with Gasteiger partial charge in [0.1, 0.15) is 11.5 Å². The van der Waals surface area contributed by atoms with Crippen molar-refractivity contribution < 1.29 is 37.2 Å². The summed E-state index contributed by atoms with van der Waals surface area (Å²) in [5.74, 6) is -2.27. The van der Waals surface area contributed by atoms with Gasteiger partial charge >= 0.3 is 12.1 Å². The van der Waals surface area contributed by atoms with Crippen LogP contribution in [0.4, 0.5) is 24.5 Å². The first-order valence-electron chi connectivity index (χ1n) is 9.86. The first kappa shape index (κ1) is 23.4. The number of aromatic carboxylic acids is 1. The summed E-state index contributed by atoms with van der Waals surface area (Å²) in [5, 5.41) is 24.0. The molecule has 0 spiro atoms. The number of carboxylic acid groups (broad SMARTS) is 1. The number of hydrogen-bond donors (Lipinski definition) is 1. The molecule has 178 valence electrons. The monoisotopic (exact) mass is 485 g/mol. The number of benzene rings is 2. The Labute approximate surface area is 194 Å². The number of anilines is 1.